The summed E-state index contributed by atoms with van der Waals surface area (Å²) < 4.78 is 16.4. The minimum Gasteiger partial charge on any atom is -0.368 e. The van der Waals surface area contributed by atoms with Crippen LogP contribution in [0.25, 0.3) is 11.1 Å². The lowest BCUT2D eigenvalue weighted by Gasteiger charge is -2.22. The van der Waals surface area contributed by atoms with Crippen LogP contribution in [0.4, 0.5) is 10.2 Å². The quantitative estimate of drug-likeness (QED) is 0.377. The number of anilines is 1. The van der Waals surface area contributed by atoms with Crippen LogP contribution < -0.4 is 22.3 Å². The van der Waals surface area contributed by atoms with Gasteiger partial charge in [-0.2, -0.15) is 0 Å². The molecule has 9 nitrogen and oxygen atoms in total. The fraction of sp³-hybridized carbons (Fsp3) is 0.233. The zero-order valence-corrected chi connectivity index (χ0v) is 22.9. The first-order chi connectivity index (χ1) is 19.5. The molecule has 2 aromatic carbocycles. The van der Waals surface area contributed by atoms with Gasteiger partial charge in [-0.15, -0.1) is 0 Å². The number of hydrogen-bond donors (Lipinski definition) is 2. The third-order valence-electron chi connectivity index (χ3n) is 7.97. The standard InChI is InChI=1S/C30H25ClFN5O4/c1-15(2)37-27(39)20(19-5-3-7-22(32)23(19)31)14-36(29(37)41)24(25(33)38)16-8-9-17-12-30(13-18(17)11-16)21-6-4-10-34-26(21)35-28(30)40/h3-11,14-15,24H,12-13H2,1-2H3,(H2,33,38)(H,34,35,40)/t24?,30-/m1/s1. The molecular formula is C30H25ClFN5O4. The number of rotatable bonds is 5. The molecule has 1 aliphatic heterocycles. The molecule has 208 valence electrons. The number of nitrogens with one attached hydrogen (secondary N) is 1. The molecule has 6 rings (SSSR count). The minimum absolute atomic E-state index is 0.0547. The molecule has 0 fully saturated rings. The number of pyridine rings is 1. The topological polar surface area (TPSA) is 129 Å². The minimum atomic E-state index is -1.30. The number of carbonyl (C=O) groups excluding carboxylic acids is 2. The largest absolute Gasteiger partial charge is 0.368 e. The van der Waals surface area contributed by atoms with Crippen LogP contribution >= 0.6 is 11.6 Å². The lowest BCUT2D eigenvalue weighted by molar-refractivity contribution is -0.121. The SMILES string of the molecule is CC(C)n1c(=O)c(-c2cccc(F)c2Cl)cn(C(C(N)=O)c2ccc3c(c2)C[C@@]2(C3)C(=O)Nc3ncccc32)c1=O. The van der Waals surface area contributed by atoms with Crippen molar-refractivity contribution in [2.75, 3.05) is 5.32 Å². The van der Waals surface area contributed by atoms with E-state index in [-0.39, 0.29) is 22.1 Å². The Morgan fingerprint density at radius 1 is 1.07 bits per heavy atom. The first-order valence-electron chi connectivity index (χ1n) is 13.0. The maximum Gasteiger partial charge on any atom is 0.332 e. The van der Waals surface area contributed by atoms with Crippen molar-refractivity contribution in [3.05, 3.63) is 115 Å². The van der Waals surface area contributed by atoms with Gasteiger partial charge in [-0.25, -0.2) is 14.2 Å². The summed E-state index contributed by atoms with van der Waals surface area (Å²) in [6.07, 6.45) is 3.65. The average Bonchev–Trinajstić information content (AvgIpc) is 3.44. The van der Waals surface area contributed by atoms with E-state index >= 15 is 0 Å². The van der Waals surface area contributed by atoms with Gasteiger partial charge in [0.15, 0.2) is 0 Å². The van der Waals surface area contributed by atoms with Crippen LogP contribution in [0.1, 0.15) is 48.2 Å². The molecule has 0 saturated carbocycles. The van der Waals surface area contributed by atoms with Crippen molar-refractivity contribution < 1.29 is 14.0 Å². The molecule has 2 aromatic heterocycles. The van der Waals surface area contributed by atoms with Gasteiger partial charge in [0.2, 0.25) is 11.8 Å². The second-order valence-electron chi connectivity index (χ2n) is 10.7. The van der Waals surface area contributed by atoms with Crippen molar-refractivity contribution in [1.82, 2.24) is 14.1 Å². The molecule has 1 spiro atoms. The highest BCUT2D eigenvalue weighted by atomic mass is 35.5. The summed E-state index contributed by atoms with van der Waals surface area (Å²) in [7, 11) is 0. The zero-order valence-electron chi connectivity index (χ0n) is 22.2. The Balaban J connectivity index is 1.50. The number of carbonyl (C=O) groups is 2. The van der Waals surface area contributed by atoms with Gasteiger partial charge < -0.3 is 11.1 Å². The highest BCUT2D eigenvalue weighted by Gasteiger charge is 2.51. The van der Waals surface area contributed by atoms with Crippen molar-refractivity contribution in [1.29, 1.82) is 0 Å². The summed E-state index contributed by atoms with van der Waals surface area (Å²) in [6.45, 7) is 3.30. The number of hydrogen-bond acceptors (Lipinski definition) is 5. The molecule has 1 aliphatic carbocycles. The number of nitrogens with zero attached hydrogens (tertiary/aromatic N) is 3. The van der Waals surface area contributed by atoms with Gasteiger partial charge in [0.1, 0.15) is 17.7 Å². The second-order valence-corrected chi connectivity index (χ2v) is 11.1. The van der Waals surface area contributed by atoms with Gasteiger partial charge in [0.05, 0.1) is 16.0 Å². The maximum atomic E-state index is 14.3. The third kappa shape index (κ3) is 4.01. The van der Waals surface area contributed by atoms with E-state index in [9.17, 15) is 23.6 Å². The first-order valence-corrected chi connectivity index (χ1v) is 13.4. The van der Waals surface area contributed by atoms with Gasteiger partial charge in [0.25, 0.3) is 5.56 Å². The van der Waals surface area contributed by atoms with Crippen molar-refractivity contribution in [3.8, 4) is 11.1 Å². The van der Waals surface area contributed by atoms with Crippen molar-refractivity contribution in [2.24, 2.45) is 5.73 Å². The van der Waals surface area contributed by atoms with Crippen molar-refractivity contribution >= 4 is 29.2 Å². The number of amides is 2. The number of fused-ring (bicyclic) bond motifs is 3. The fourth-order valence-electron chi connectivity index (χ4n) is 6.05. The molecule has 4 aromatic rings. The number of primary amides is 1. The Morgan fingerprint density at radius 2 is 1.83 bits per heavy atom. The van der Waals surface area contributed by atoms with E-state index in [2.05, 4.69) is 10.3 Å². The maximum absolute atomic E-state index is 14.3. The smallest absolute Gasteiger partial charge is 0.332 e. The van der Waals surface area contributed by atoms with Gasteiger partial charge >= 0.3 is 5.69 Å². The summed E-state index contributed by atoms with van der Waals surface area (Å²) in [5.74, 6) is -1.18. The van der Waals surface area contributed by atoms with Crippen LogP contribution in [0.5, 0.6) is 0 Å². The van der Waals surface area contributed by atoms with Gasteiger partial charge in [0, 0.05) is 29.6 Å². The molecule has 41 heavy (non-hydrogen) atoms. The molecule has 3 heterocycles. The van der Waals surface area contributed by atoms with Crippen LogP contribution in [0, 0.1) is 5.82 Å². The Bertz CT molecular complexity index is 1900. The highest BCUT2D eigenvalue weighted by molar-refractivity contribution is 6.33. The zero-order chi connectivity index (χ0) is 29.2. The van der Waals surface area contributed by atoms with Crippen LogP contribution in [0.2, 0.25) is 5.02 Å². The second kappa shape index (κ2) is 9.52. The number of benzene rings is 2. The molecule has 0 radical (unpaired) electrons. The van der Waals surface area contributed by atoms with Gasteiger partial charge in [-0.3, -0.25) is 23.5 Å². The van der Waals surface area contributed by atoms with Crippen molar-refractivity contribution in [2.45, 2.75) is 44.2 Å². The monoisotopic (exact) mass is 573 g/mol. The van der Waals surface area contributed by atoms with Crippen LogP contribution in [-0.4, -0.2) is 25.9 Å². The Kier molecular flexibility index (Phi) is 6.18. The normalized spacial score (nSPS) is 17.9. The van der Waals surface area contributed by atoms with E-state index < -0.39 is 40.5 Å². The molecule has 2 aliphatic rings. The van der Waals surface area contributed by atoms with E-state index in [1.807, 2.05) is 12.1 Å². The molecule has 1 unspecified atom stereocenters. The molecule has 2 amide bonds. The predicted octanol–water partition coefficient (Wildman–Crippen LogP) is 3.51. The highest BCUT2D eigenvalue weighted by Crippen LogP contribution is 2.47. The Morgan fingerprint density at radius 3 is 2.56 bits per heavy atom. The van der Waals surface area contributed by atoms with E-state index in [1.165, 1.54) is 18.3 Å². The van der Waals surface area contributed by atoms with Crippen LogP contribution in [-0.2, 0) is 27.8 Å². The molecular weight excluding hydrogens is 549 g/mol. The number of aromatic nitrogens is 3. The molecule has 3 N–H and O–H groups in total. The lowest BCUT2D eigenvalue weighted by Crippen LogP contribution is -2.45. The van der Waals surface area contributed by atoms with Crippen LogP contribution in [0.3, 0.4) is 0 Å². The summed E-state index contributed by atoms with van der Waals surface area (Å²) in [6, 6.07) is 11.1. The molecule has 2 atom stereocenters. The summed E-state index contributed by atoms with van der Waals surface area (Å²) in [5, 5.41) is 2.58. The van der Waals surface area contributed by atoms with Crippen molar-refractivity contribution in [3.63, 3.8) is 0 Å². The Labute approximate surface area is 238 Å². The average molecular weight is 574 g/mol. The predicted molar refractivity (Wildman–Crippen MR) is 151 cm³/mol. The van der Waals surface area contributed by atoms with E-state index in [0.29, 0.717) is 24.2 Å². The lowest BCUT2D eigenvalue weighted by atomic mass is 9.79. The summed E-state index contributed by atoms with van der Waals surface area (Å²) in [4.78, 5) is 57.5. The first kappa shape index (κ1) is 26.6. The number of halogens is 2. The van der Waals surface area contributed by atoms with Gasteiger partial charge in [-0.05, 0) is 55.5 Å². The van der Waals surface area contributed by atoms with E-state index in [1.54, 1.807) is 38.2 Å². The van der Waals surface area contributed by atoms with E-state index in [0.717, 1.165) is 31.9 Å². The molecule has 0 bridgehead atoms. The number of nitrogens with two attached hydrogens (primary N) is 1. The third-order valence-corrected chi connectivity index (χ3v) is 8.35. The summed E-state index contributed by atoms with van der Waals surface area (Å²) in [5.41, 5.74) is 6.63. The molecule has 0 saturated heterocycles. The van der Waals surface area contributed by atoms with Gasteiger partial charge in [-0.1, -0.05) is 48.0 Å². The fourth-order valence-corrected chi connectivity index (χ4v) is 6.27. The summed E-state index contributed by atoms with van der Waals surface area (Å²) >= 11 is 6.21. The van der Waals surface area contributed by atoms with E-state index in [4.69, 9.17) is 17.3 Å². The Hall–Kier alpha value is -4.57. The molecule has 11 heteroatoms. The van der Waals surface area contributed by atoms with Crippen LogP contribution in [0.15, 0.2) is 70.5 Å².